The summed E-state index contributed by atoms with van der Waals surface area (Å²) in [6, 6.07) is 7.91. The van der Waals surface area contributed by atoms with E-state index < -0.39 is 0 Å². The number of aromatic nitrogens is 1. The summed E-state index contributed by atoms with van der Waals surface area (Å²) in [6.45, 7) is 2.89. The van der Waals surface area contributed by atoms with Crippen molar-refractivity contribution in [3.63, 3.8) is 0 Å². The van der Waals surface area contributed by atoms with Crippen LogP contribution in [0, 0.1) is 6.92 Å². The van der Waals surface area contributed by atoms with E-state index in [1.807, 2.05) is 43.7 Å². The SMILES string of the molecule is Cc1ncsc1CN(C)c1ccccc1N. The van der Waals surface area contributed by atoms with Crippen molar-refractivity contribution in [2.45, 2.75) is 13.5 Å². The first-order valence-electron chi connectivity index (χ1n) is 5.13. The van der Waals surface area contributed by atoms with Gasteiger partial charge in [0.25, 0.3) is 0 Å². The maximum atomic E-state index is 5.93. The minimum Gasteiger partial charge on any atom is -0.397 e. The molecule has 2 rings (SSSR count). The standard InChI is InChI=1S/C12H15N3S/c1-9-12(16-8-14-9)7-15(2)11-6-4-3-5-10(11)13/h3-6,8H,7,13H2,1-2H3. The van der Waals surface area contributed by atoms with Crippen LogP contribution in [0.2, 0.25) is 0 Å². The molecule has 1 aromatic carbocycles. The van der Waals surface area contributed by atoms with Gasteiger partial charge >= 0.3 is 0 Å². The van der Waals surface area contributed by atoms with Gasteiger partial charge < -0.3 is 10.6 Å². The van der Waals surface area contributed by atoms with E-state index in [2.05, 4.69) is 9.88 Å². The van der Waals surface area contributed by atoms with Gasteiger partial charge in [-0.15, -0.1) is 11.3 Å². The van der Waals surface area contributed by atoms with E-state index in [1.54, 1.807) is 11.3 Å². The molecule has 0 aliphatic rings. The molecule has 0 aliphatic carbocycles. The fraction of sp³-hybridized carbons (Fsp3) is 0.250. The van der Waals surface area contributed by atoms with Crippen molar-refractivity contribution < 1.29 is 0 Å². The smallest absolute Gasteiger partial charge is 0.0798 e. The molecular weight excluding hydrogens is 218 g/mol. The van der Waals surface area contributed by atoms with E-state index in [4.69, 9.17) is 5.73 Å². The molecule has 0 bridgehead atoms. The Kier molecular flexibility index (Phi) is 3.10. The van der Waals surface area contributed by atoms with Gasteiger partial charge in [0, 0.05) is 11.9 Å². The number of hydrogen-bond donors (Lipinski definition) is 1. The molecule has 0 atom stereocenters. The third-order valence-electron chi connectivity index (χ3n) is 2.57. The Morgan fingerprint density at radius 1 is 1.38 bits per heavy atom. The largest absolute Gasteiger partial charge is 0.397 e. The fourth-order valence-electron chi connectivity index (χ4n) is 1.61. The summed E-state index contributed by atoms with van der Waals surface area (Å²) in [7, 11) is 2.05. The summed E-state index contributed by atoms with van der Waals surface area (Å²) in [6.07, 6.45) is 0. The number of para-hydroxylation sites is 2. The Balaban J connectivity index is 2.18. The third-order valence-corrected chi connectivity index (χ3v) is 3.49. The normalized spacial score (nSPS) is 10.4. The predicted octanol–water partition coefficient (Wildman–Crippen LogP) is 2.67. The van der Waals surface area contributed by atoms with Gasteiger partial charge in [0.2, 0.25) is 0 Å². The van der Waals surface area contributed by atoms with E-state index in [9.17, 15) is 0 Å². The topological polar surface area (TPSA) is 42.2 Å². The lowest BCUT2D eigenvalue weighted by molar-refractivity contribution is 0.928. The number of thiazole rings is 1. The second kappa shape index (κ2) is 4.53. The summed E-state index contributed by atoms with van der Waals surface area (Å²) in [5, 5.41) is 0. The fourth-order valence-corrected chi connectivity index (χ4v) is 2.44. The molecule has 0 amide bonds. The van der Waals surface area contributed by atoms with Crippen molar-refractivity contribution in [2.24, 2.45) is 0 Å². The van der Waals surface area contributed by atoms with Crippen molar-refractivity contribution in [1.82, 2.24) is 4.98 Å². The number of benzene rings is 1. The zero-order valence-electron chi connectivity index (χ0n) is 9.47. The van der Waals surface area contributed by atoms with Crippen LogP contribution in [0.3, 0.4) is 0 Å². The van der Waals surface area contributed by atoms with E-state index in [1.165, 1.54) is 4.88 Å². The Labute approximate surface area is 99.5 Å². The number of anilines is 2. The van der Waals surface area contributed by atoms with Crippen LogP contribution in [0.15, 0.2) is 29.8 Å². The van der Waals surface area contributed by atoms with Gasteiger partial charge in [-0.2, -0.15) is 0 Å². The van der Waals surface area contributed by atoms with Crippen LogP contribution in [0.4, 0.5) is 11.4 Å². The molecule has 0 unspecified atom stereocenters. The van der Waals surface area contributed by atoms with E-state index >= 15 is 0 Å². The van der Waals surface area contributed by atoms with Crippen molar-refractivity contribution in [3.05, 3.63) is 40.3 Å². The van der Waals surface area contributed by atoms with Crippen LogP contribution >= 0.6 is 11.3 Å². The monoisotopic (exact) mass is 233 g/mol. The van der Waals surface area contributed by atoms with Crippen molar-refractivity contribution in [1.29, 1.82) is 0 Å². The summed E-state index contributed by atoms with van der Waals surface area (Å²) in [5.74, 6) is 0. The van der Waals surface area contributed by atoms with E-state index in [0.29, 0.717) is 0 Å². The lowest BCUT2D eigenvalue weighted by Gasteiger charge is -2.20. The quantitative estimate of drug-likeness (QED) is 0.829. The molecule has 84 valence electrons. The minimum absolute atomic E-state index is 0.812. The average molecular weight is 233 g/mol. The van der Waals surface area contributed by atoms with Gasteiger partial charge in [0.1, 0.15) is 0 Å². The number of nitrogens with two attached hydrogens (primary N) is 1. The van der Waals surface area contributed by atoms with Crippen LogP contribution in [-0.2, 0) is 6.54 Å². The molecule has 0 radical (unpaired) electrons. The number of aryl methyl sites for hydroxylation is 1. The second-order valence-electron chi connectivity index (χ2n) is 3.78. The molecule has 0 aliphatic heterocycles. The molecule has 0 saturated carbocycles. The lowest BCUT2D eigenvalue weighted by Crippen LogP contribution is -2.17. The van der Waals surface area contributed by atoms with E-state index in [-0.39, 0.29) is 0 Å². The summed E-state index contributed by atoms with van der Waals surface area (Å²) in [5.41, 5.74) is 10.8. The highest BCUT2D eigenvalue weighted by molar-refractivity contribution is 7.09. The van der Waals surface area contributed by atoms with Gasteiger partial charge in [0.05, 0.1) is 29.1 Å². The first kappa shape index (κ1) is 11.0. The Hall–Kier alpha value is -1.55. The van der Waals surface area contributed by atoms with Gasteiger partial charge in [-0.1, -0.05) is 12.1 Å². The highest BCUT2D eigenvalue weighted by Gasteiger charge is 2.08. The molecule has 1 aromatic heterocycles. The molecule has 0 saturated heterocycles. The van der Waals surface area contributed by atoms with Gasteiger partial charge in [-0.05, 0) is 19.1 Å². The first-order chi connectivity index (χ1) is 7.68. The van der Waals surface area contributed by atoms with Crippen LogP contribution in [-0.4, -0.2) is 12.0 Å². The van der Waals surface area contributed by atoms with Crippen molar-refractivity contribution >= 4 is 22.7 Å². The molecule has 3 nitrogen and oxygen atoms in total. The van der Waals surface area contributed by atoms with Crippen molar-refractivity contribution in [2.75, 3.05) is 17.7 Å². The van der Waals surface area contributed by atoms with Crippen molar-refractivity contribution in [3.8, 4) is 0 Å². The number of rotatable bonds is 3. The highest BCUT2D eigenvalue weighted by Crippen LogP contribution is 2.24. The van der Waals surface area contributed by atoms with Crippen LogP contribution in [0.25, 0.3) is 0 Å². The highest BCUT2D eigenvalue weighted by atomic mass is 32.1. The first-order valence-corrected chi connectivity index (χ1v) is 6.01. The van der Waals surface area contributed by atoms with Gasteiger partial charge in [0.15, 0.2) is 0 Å². The zero-order chi connectivity index (χ0) is 11.5. The molecule has 1 heterocycles. The number of nitrogen functional groups attached to an aromatic ring is 1. The van der Waals surface area contributed by atoms with Crippen LogP contribution in [0.5, 0.6) is 0 Å². The van der Waals surface area contributed by atoms with Gasteiger partial charge in [-0.25, -0.2) is 4.98 Å². The average Bonchev–Trinajstić information content (AvgIpc) is 2.65. The van der Waals surface area contributed by atoms with Crippen LogP contribution < -0.4 is 10.6 Å². The zero-order valence-corrected chi connectivity index (χ0v) is 10.3. The molecule has 2 aromatic rings. The second-order valence-corrected chi connectivity index (χ2v) is 4.72. The lowest BCUT2D eigenvalue weighted by atomic mass is 10.2. The molecule has 0 spiro atoms. The third kappa shape index (κ3) is 2.17. The predicted molar refractivity (Wildman–Crippen MR) is 69.8 cm³/mol. The molecular formula is C12H15N3S. The molecule has 16 heavy (non-hydrogen) atoms. The van der Waals surface area contributed by atoms with Crippen LogP contribution in [0.1, 0.15) is 10.6 Å². The number of hydrogen-bond acceptors (Lipinski definition) is 4. The molecule has 2 N–H and O–H groups in total. The van der Waals surface area contributed by atoms with Gasteiger partial charge in [-0.3, -0.25) is 0 Å². The summed E-state index contributed by atoms with van der Waals surface area (Å²) in [4.78, 5) is 7.68. The molecule has 0 fully saturated rings. The Bertz CT molecular complexity index is 479. The maximum absolute atomic E-state index is 5.93. The minimum atomic E-state index is 0.812. The maximum Gasteiger partial charge on any atom is 0.0798 e. The van der Waals surface area contributed by atoms with E-state index in [0.717, 1.165) is 23.6 Å². The molecule has 4 heteroatoms. The summed E-state index contributed by atoms with van der Waals surface area (Å²) < 4.78 is 0. The Morgan fingerprint density at radius 2 is 2.12 bits per heavy atom. The Morgan fingerprint density at radius 3 is 2.75 bits per heavy atom. The number of nitrogens with zero attached hydrogens (tertiary/aromatic N) is 2. The summed E-state index contributed by atoms with van der Waals surface area (Å²) >= 11 is 1.68.